The van der Waals surface area contributed by atoms with Crippen LogP contribution in [0.1, 0.15) is 19.4 Å². The number of benzene rings is 1. The van der Waals surface area contributed by atoms with Gasteiger partial charge in [-0.25, -0.2) is 0 Å². The van der Waals surface area contributed by atoms with Gasteiger partial charge in [0.2, 0.25) is 0 Å². The van der Waals surface area contributed by atoms with Crippen LogP contribution in [0, 0.1) is 3.57 Å². The van der Waals surface area contributed by atoms with Crippen LogP contribution in [0.15, 0.2) is 29.2 Å². The lowest BCUT2D eigenvalue weighted by atomic mass is 10.2. The fourth-order valence-electron chi connectivity index (χ4n) is 1.66. The zero-order valence-electron chi connectivity index (χ0n) is 10.0. The number of nitrogens with zero attached hydrogens (tertiary/aromatic N) is 1. The van der Waals surface area contributed by atoms with E-state index in [-0.39, 0.29) is 17.2 Å². The van der Waals surface area contributed by atoms with E-state index in [1.165, 1.54) is 4.90 Å². The van der Waals surface area contributed by atoms with Crippen molar-refractivity contribution in [1.29, 1.82) is 0 Å². The summed E-state index contributed by atoms with van der Waals surface area (Å²) in [6.45, 7) is 3.68. The van der Waals surface area contributed by atoms with E-state index in [4.69, 9.17) is 0 Å². The lowest BCUT2D eigenvalue weighted by molar-refractivity contribution is -0.123. The van der Waals surface area contributed by atoms with Gasteiger partial charge < -0.3 is 0 Å². The maximum absolute atomic E-state index is 12.1. The molecule has 0 unspecified atom stereocenters. The predicted molar refractivity (Wildman–Crippen MR) is 82.1 cm³/mol. The smallest absolute Gasteiger partial charge is 0.268 e. The summed E-state index contributed by atoms with van der Waals surface area (Å²) in [6.07, 6.45) is 1.79. The minimum Gasteiger partial charge on any atom is -0.268 e. The third-order valence-electron chi connectivity index (χ3n) is 2.53. The first-order valence-electron chi connectivity index (χ1n) is 5.52. The van der Waals surface area contributed by atoms with Crippen LogP contribution >= 0.6 is 34.4 Å². The first kappa shape index (κ1) is 13.6. The summed E-state index contributed by atoms with van der Waals surface area (Å²) in [5.74, 6) is -0.195. The Bertz CT molecular complexity index is 540. The molecule has 3 nitrogen and oxygen atoms in total. The molecule has 2 rings (SSSR count). The topological polar surface area (TPSA) is 37.4 Å². The summed E-state index contributed by atoms with van der Waals surface area (Å²) < 4.78 is 1.06. The molecule has 0 radical (unpaired) electrons. The van der Waals surface area contributed by atoms with Gasteiger partial charge in [0.25, 0.3) is 11.1 Å². The molecule has 1 aromatic carbocycles. The molecule has 0 spiro atoms. The molecule has 1 saturated heterocycles. The van der Waals surface area contributed by atoms with Gasteiger partial charge in [0, 0.05) is 9.61 Å². The van der Waals surface area contributed by atoms with E-state index in [0.29, 0.717) is 4.91 Å². The largest absolute Gasteiger partial charge is 0.293 e. The van der Waals surface area contributed by atoms with Crippen molar-refractivity contribution in [2.75, 3.05) is 0 Å². The highest BCUT2D eigenvalue weighted by Gasteiger charge is 2.36. The summed E-state index contributed by atoms with van der Waals surface area (Å²) in [7, 11) is 0. The minimum atomic E-state index is -0.195. The maximum Gasteiger partial charge on any atom is 0.293 e. The lowest BCUT2D eigenvalue weighted by Gasteiger charge is -2.16. The summed E-state index contributed by atoms with van der Waals surface area (Å²) in [5, 5.41) is -0.188. The number of imide groups is 1. The summed E-state index contributed by atoms with van der Waals surface area (Å²) in [5.41, 5.74) is 0.965. The highest BCUT2D eigenvalue weighted by Crippen LogP contribution is 2.33. The van der Waals surface area contributed by atoms with Crippen molar-refractivity contribution in [1.82, 2.24) is 4.90 Å². The second kappa shape index (κ2) is 5.44. The van der Waals surface area contributed by atoms with Gasteiger partial charge in [-0.2, -0.15) is 0 Å². The standard InChI is InChI=1S/C13H12INO2S/c1-8(2)15-12(16)11(18-13(15)17)7-9-5-3-4-6-10(9)14/h3-8H,1-2H3. The first-order chi connectivity index (χ1) is 8.50. The molecule has 1 aliphatic heterocycles. The van der Waals surface area contributed by atoms with E-state index in [1.54, 1.807) is 6.08 Å². The molecular weight excluding hydrogens is 361 g/mol. The summed E-state index contributed by atoms with van der Waals surface area (Å²) in [4.78, 5) is 25.6. The van der Waals surface area contributed by atoms with Gasteiger partial charge >= 0.3 is 0 Å². The maximum atomic E-state index is 12.1. The Kier molecular flexibility index (Phi) is 4.11. The molecule has 0 aromatic heterocycles. The van der Waals surface area contributed by atoms with Crippen molar-refractivity contribution >= 4 is 51.6 Å². The molecule has 0 saturated carbocycles. The molecule has 5 heteroatoms. The SMILES string of the molecule is CC(C)N1C(=O)SC(=Cc2ccccc2I)C1=O. The first-order valence-corrected chi connectivity index (χ1v) is 7.42. The monoisotopic (exact) mass is 373 g/mol. The molecule has 0 N–H and O–H groups in total. The van der Waals surface area contributed by atoms with Gasteiger partial charge in [-0.1, -0.05) is 18.2 Å². The zero-order valence-corrected chi connectivity index (χ0v) is 13.0. The van der Waals surface area contributed by atoms with E-state index in [2.05, 4.69) is 22.6 Å². The molecule has 1 fully saturated rings. The fourth-order valence-corrected chi connectivity index (χ4v) is 3.15. The third kappa shape index (κ3) is 2.61. The molecule has 0 atom stereocenters. The van der Waals surface area contributed by atoms with E-state index < -0.39 is 0 Å². The van der Waals surface area contributed by atoms with Gasteiger partial charge in [0.05, 0.1) is 4.91 Å². The van der Waals surface area contributed by atoms with Crippen molar-refractivity contribution < 1.29 is 9.59 Å². The van der Waals surface area contributed by atoms with Crippen molar-refractivity contribution in [2.45, 2.75) is 19.9 Å². The molecule has 0 bridgehead atoms. The number of halogens is 1. The normalized spacial score (nSPS) is 18.2. The van der Waals surface area contributed by atoms with E-state index >= 15 is 0 Å². The minimum absolute atomic E-state index is 0.0988. The van der Waals surface area contributed by atoms with Crippen LogP contribution in [0.25, 0.3) is 6.08 Å². The molecular formula is C13H12INO2S. The van der Waals surface area contributed by atoms with Gasteiger partial charge in [0.15, 0.2) is 0 Å². The van der Waals surface area contributed by atoms with Crippen LogP contribution in [0.5, 0.6) is 0 Å². The molecule has 1 heterocycles. The zero-order chi connectivity index (χ0) is 13.3. The van der Waals surface area contributed by atoms with Crippen molar-refractivity contribution in [3.05, 3.63) is 38.3 Å². The van der Waals surface area contributed by atoms with Crippen LogP contribution in [-0.2, 0) is 4.79 Å². The Morgan fingerprint density at radius 1 is 1.28 bits per heavy atom. The molecule has 94 valence electrons. The number of hydrogen-bond acceptors (Lipinski definition) is 3. The van der Waals surface area contributed by atoms with Crippen molar-refractivity contribution in [3.63, 3.8) is 0 Å². The molecule has 18 heavy (non-hydrogen) atoms. The van der Waals surface area contributed by atoms with Crippen LogP contribution in [0.2, 0.25) is 0 Å². The highest BCUT2D eigenvalue weighted by molar-refractivity contribution is 14.1. The molecule has 1 aromatic rings. The second-order valence-electron chi connectivity index (χ2n) is 4.17. The molecule has 0 aliphatic carbocycles. The van der Waals surface area contributed by atoms with Gasteiger partial charge in [0.1, 0.15) is 0 Å². The number of carbonyl (C=O) groups is 2. The van der Waals surface area contributed by atoms with E-state index in [0.717, 1.165) is 20.9 Å². The number of carbonyl (C=O) groups excluding carboxylic acids is 2. The Morgan fingerprint density at radius 3 is 2.50 bits per heavy atom. The number of rotatable bonds is 2. The predicted octanol–water partition coefficient (Wildman–Crippen LogP) is 3.74. The average molecular weight is 373 g/mol. The van der Waals surface area contributed by atoms with E-state index in [9.17, 15) is 9.59 Å². The fraction of sp³-hybridized carbons (Fsp3) is 0.231. The Morgan fingerprint density at radius 2 is 1.94 bits per heavy atom. The number of amides is 2. The highest BCUT2D eigenvalue weighted by atomic mass is 127. The van der Waals surface area contributed by atoms with Crippen LogP contribution < -0.4 is 0 Å². The van der Waals surface area contributed by atoms with Crippen molar-refractivity contribution in [2.24, 2.45) is 0 Å². The molecule has 2 amide bonds. The summed E-state index contributed by atoms with van der Waals surface area (Å²) in [6, 6.07) is 7.67. The van der Waals surface area contributed by atoms with Crippen LogP contribution in [0.3, 0.4) is 0 Å². The summed E-state index contributed by atoms with van der Waals surface area (Å²) >= 11 is 3.22. The second-order valence-corrected chi connectivity index (χ2v) is 6.32. The Labute approximate surface area is 124 Å². The van der Waals surface area contributed by atoms with Gasteiger partial charge in [-0.3, -0.25) is 14.5 Å². The Balaban J connectivity index is 2.34. The van der Waals surface area contributed by atoms with Gasteiger partial charge in [-0.15, -0.1) is 0 Å². The third-order valence-corrected chi connectivity index (χ3v) is 4.40. The van der Waals surface area contributed by atoms with Gasteiger partial charge in [-0.05, 0) is 65.9 Å². The van der Waals surface area contributed by atoms with Crippen LogP contribution in [0.4, 0.5) is 4.79 Å². The van der Waals surface area contributed by atoms with Crippen LogP contribution in [-0.4, -0.2) is 22.1 Å². The quantitative estimate of drug-likeness (QED) is 0.586. The van der Waals surface area contributed by atoms with E-state index in [1.807, 2.05) is 38.1 Å². The Hall–Kier alpha value is -0.820. The number of thioether (sulfide) groups is 1. The number of hydrogen-bond donors (Lipinski definition) is 0. The molecule has 1 aliphatic rings. The average Bonchev–Trinajstić information content (AvgIpc) is 2.57. The van der Waals surface area contributed by atoms with Crippen molar-refractivity contribution in [3.8, 4) is 0 Å². The lowest BCUT2D eigenvalue weighted by Crippen LogP contribution is -2.34.